The molecule has 0 saturated heterocycles. The second kappa shape index (κ2) is 5.84. The van der Waals surface area contributed by atoms with Crippen molar-refractivity contribution in [2.24, 2.45) is 0 Å². The number of aromatic amines is 1. The summed E-state index contributed by atoms with van der Waals surface area (Å²) >= 11 is 0. The Morgan fingerprint density at radius 1 is 1.08 bits per heavy atom. The molecule has 5 heteroatoms. The number of phenolic OH excluding ortho intramolecular Hbond substituents is 1. The van der Waals surface area contributed by atoms with E-state index in [1.165, 1.54) is 0 Å². The van der Waals surface area contributed by atoms with E-state index in [1.54, 1.807) is 6.07 Å². The fourth-order valence-electron chi connectivity index (χ4n) is 3.15. The highest BCUT2D eigenvalue weighted by Gasteiger charge is 2.23. The molecule has 1 aliphatic rings. The van der Waals surface area contributed by atoms with Crippen LogP contribution >= 0.6 is 0 Å². The number of aryl methyl sites for hydroxylation is 1. The molecule has 0 spiro atoms. The molecule has 4 rings (SSSR count). The molecule has 2 N–H and O–H groups in total. The van der Waals surface area contributed by atoms with Gasteiger partial charge in [0.15, 0.2) is 11.5 Å². The zero-order valence-electron chi connectivity index (χ0n) is 14.5. The lowest BCUT2D eigenvalue weighted by molar-refractivity contribution is 0.174. The minimum atomic E-state index is 0.217. The summed E-state index contributed by atoms with van der Waals surface area (Å²) in [6, 6.07) is 11.4. The SMILES string of the molecule is Cc1ccc(O)c(-c2n[nH]c(C(C)C)c2-c2ccc3c(c2)OCO3)c1. The molecule has 0 amide bonds. The zero-order valence-corrected chi connectivity index (χ0v) is 14.5. The normalized spacial score (nSPS) is 12.8. The molecule has 1 aliphatic heterocycles. The molecular formula is C20H20N2O3. The van der Waals surface area contributed by atoms with Gasteiger partial charge >= 0.3 is 0 Å². The van der Waals surface area contributed by atoms with Gasteiger partial charge in [-0.2, -0.15) is 5.10 Å². The van der Waals surface area contributed by atoms with E-state index < -0.39 is 0 Å². The molecule has 5 nitrogen and oxygen atoms in total. The average Bonchev–Trinajstić information content (AvgIpc) is 3.22. The van der Waals surface area contributed by atoms with Crippen LogP contribution < -0.4 is 9.47 Å². The number of aromatic nitrogens is 2. The van der Waals surface area contributed by atoms with Gasteiger partial charge < -0.3 is 14.6 Å². The molecule has 2 heterocycles. The van der Waals surface area contributed by atoms with Crippen LogP contribution in [0.15, 0.2) is 36.4 Å². The first kappa shape index (κ1) is 15.6. The maximum atomic E-state index is 10.4. The molecule has 0 atom stereocenters. The first-order valence-corrected chi connectivity index (χ1v) is 8.33. The van der Waals surface area contributed by atoms with Crippen molar-refractivity contribution in [3.05, 3.63) is 47.7 Å². The lowest BCUT2D eigenvalue weighted by Crippen LogP contribution is -1.93. The van der Waals surface area contributed by atoms with Crippen LogP contribution in [-0.4, -0.2) is 22.1 Å². The first-order valence-electron chi connectivity index (χ1n) is 8.33. The Hall–Kier alpha value is -2.95. The van der Waals surface area contributed by atoms with Crippen molar-refractivity contribution in [3.8, 4) is 39.6 Å². The maximum absolute atomic E-state index is 10.4. The summed E-state index contributed by atoms with van der Waals surface area (Å²) in [5.74, 6) is 1.95. The number of hydrogen-bond donors (Lipinski definition) is 2. The number of benzene rings is 2. The Balaban J connectivity index is 1.94. The Bertz CT molecular complexity index is 944. The van der Waals surface area contributed by atoms with Gasteiger partial charge in [0.05, 0.1) is 0 Å². The van der Waals surface area contributed by atoms with Gasteiger partial charge in [0.1, 0.15) is 11.4 Å². The minimum Gasteiger partial charge on any atom is -0.507 e. The molecule has 3 aromatic rings. The van der Waals surface area contributed by atoms with E-state index in [-0.39, 0.29) is 18.5 Å². The number of hydrogen-bond acceptors (Lipinski definition) is 4. The molecule has 128 valence electrons. The van der Waals surface area contributed by atoms with Crippen molar-refractivity contribution in [1.29, 1.82) is 0 Å². The van der Waals surface area contributed by atoms with Crippen molar-refractivity contribution >= 4 is 0 Å². The molecule has 25 heavy (non-hydrogen) atoms. The van der Waals surface area contributed by atoms with Crippen LogP contribution in [0, 0.1) is 6.92 Å². The highest BCUT2D eigenvalue weighted by Crippen LogP contribution is 2.43. The van der Waals surface area contributed by atoms with Gasteiger partial charge in [-0.05, 0) is 42.7 Å². The summed E-state index contributed by atoms with van der Waals surface area (Å²) < 4.78 is 10.9. The summed E-state index contributed by atoms with van der Waals surface area (Å²) in [5, 5.41) is 18.0. The Morgan fingerprint density at radius 3 is 2.68 bits per heavy atom. The summed E-state index contributed by atoms with van der Waals surface area (Å²) in [6.45, 7) is 6.47. The monoisotopic (exact) mass is 336 g/mol. The third kappa shape index (κ3) is 2.61. The summed E-state index contributed by atoms with van der Waals surface area (Å²) in [4.78, 5) is 0. The Kier molecular flexibility index (Phi) is 3.64. The predicted octanol–water partition coefficient (Wildman–Crippen LogP) is 4.61. The van der Waals surface area contributed by atoms with Crippen LogP contribution in [0.1, 0.15) is 31.0 Å². The first-order chi connectivity index (χ1) is 12.0. The molecule has 0 radical (unpaired) electrons. The van der Waals surface area contributed by atoms with Gasteiger partial charge in [-0.25, -0.2) is 0 Å². The van der Waals surface area contributed by atoms with Crippen molar-refractivity contribution in [1.82, 2.24) is 10.2 Å². The lowest BCUT2D eigenvalue weighted by atomic mass is 9.93. The van der Waals surface area contributed by atoms with E-state index in [0.717, 1.165) is 45.1 Å². The van der Waals surface area contributed by atoms with Crippen LogP contribution in [-0.2, 0) is 0 Å². The van der Waals surface area contributed by atoms with Crippen molar-refractivity contribution in [3.63, 3.8) is 0 Å². The van der Waals surface area contributed by atoms with Crippen LogP contribution in [0.5, 0.6) is 17.2 Å². The molecule has 1 aromatic heterocycles. The van der Waals surface area contributed by atoms with E-state index in [4.69, 9.17) is 9.47 Å². The van der Waals surface area contributed by atoms with E-state index in [0.29, 0.717) is 0 Å². The van der Waals surface area contributed by atoms with Crippen molar-refractivity contribution in [2.75, 3.05) is 6.79 Å². The average molecular weight is 336 g/mol. The topological polar surface area (TPSA) is 67.4 Å². The smallest absolute Gasteiger partial charge is 0.231 e. The molecule has 0 fully saturated rings. The largest absolute Gasteiger partial charge is 0.507 e. The highest BCUT2D eigenvalue weighted by atomic mass is 16.7. The van der Waals surface area contributed by atoms with E-state index in [2.05, 4.69) is 24.0 Å². The fraction of sp³-hybridized carbons (Fsp3) is 0.250. The van der Waals surface area contributed by atoms with Gasteiger partial charge in [-0.3, -0.25) is 5.10 Å². The third-order valence-corrected chi connectivity index (χ3v) is 4.44. The molecule has 2 aromatic carbocycles. The molecule has 0 saturated carbocycles. The van der Waals surface area contributed by atoms with E-state index in [1.807, 2.05) is 37.3 Å². The zero-order chi connectivity index (χ0) is 17.6. The summed E-state index contributed by atoms with van der Waals surface area (Å²) in [5.41, 5.74) is 5.51. The minimum absolute atomic E-state index is 0.217. The number of H-pyrrole nitrogens is 1. The van der Waals surface area contributed by atoms with Crippen LogP contribution in [0.4, 0.5) is 0 Å². The number of fused-ring (bicyclic) bond motifs is 1. The van der Waals surface area contributed by atoms with Crippen molar-refractivity contribution in [2.45, 2.75) is 26.7 Å². The van der Waals surface area contributed by atoms with Gasteiger partial charge in [-0.1, -0.05) is 31.5 Å². The molecular weight excluding hydrogens is 316 g/mol. The molecule has 0 aliphatic carbocycles. The van der Waals surface area contributed by atoms with Crippen LogP contribution in [0.25, 0.3) is 22.4 Å². The number of nitrogens with zero attached hydrogens (tertiary/aromatic N) is 1. The van der Waals surface area contributed by atoms with E-state index >= 15 is 0 Å². The number of rotatable bonds is 3. The quantitative estimate of drug-likeness (QED) is 0.733. The number of phenols is 1. The summed E-state index contributed by atoms with van der Waals surface area (Å²) in [7, 11) is 0. The molecule has 0 bridgehead atoms. The van der Waals surface area contributed by atoms with Crippen molar-refractivity contribution < 1.29 is 14.6 Å². The van der Waals surface area contributed by atoms with Gasteiger partial charge in [0.2, 0.25) is 6.79 Å². The number of ether oxygens (including phenoxy) is 2. The number of aromatic hydroxyl groups is 1. The second-order valence-electron chi connectivity index (χ2n) is 6.60. The number of nitrogens with one attached hydrogen (secondary N) is 1. The third-order valence-electron chi connectivity index (χ3n) is 4.44. The standard InChI is InChI=1S/C20H20N2O3/c1-11(2)19-18(13-5-7-16-17(9-13)25-10-24-16)20(22-21-19)14-8-12(3)4-6-15(14)23/h4-9,11,23H,10H2,1-3H3,(H,21,22). The fourth-order valence-corrected chi connectivity index (χ4v) is 3.15. The van der Waals surface area contributed by atoms with Gasteiger partial charge in [0.25, 0.3) is 0 Å². The van der Waals surface area contributed by atoms with E-state index in [9.17, 15) is 5.11 Å². The Labute approximate surface area is 146 Å². The Morgan fingerprint density at radius 2 is 1.88 bits per heavy atom. The second-order valence-corrected chi connectivity index (χ2v) is 6.60. The maximum Gasteiger partial charge on any atom is 0.231 e. The lowest BCUT2D eigenvalue weighted by Gasteiger charge is -2.11. The van der Waals surface area contributed by atoms with Crippen LogP contribution in [0.2, 0.25) is 0 Å². The van der Waals surface area contributed by atoms with Gasteiger partial charge in [-0.15, -0.1) is 0 Å². The van der Waals surface area contributed by atoms with Gasteiger partial charge in [0, 0.05) is 16.8 Å². The highest BCUT2D eigenvalue weighted by molar-refractivity contribution is 5.86. The molecule has 0 unspecified atom stereocenters. The summed E-state index contributed by atoms with van der Waals surface area (Å²) in [6.07, 6.45) is 0. The van der Waals surface area contributed by atoms with Crippen LogP contribution in [0.3, 0.4) is 0 Å². The predicted molar refractivity (Wildman–Crippen MR) is 96.1 cm³/mol.